The van der Waals surface area contributed by atoms with Crippen molar-refractivity contribution in [3.05, 3.63) is 57.0 Å². The van der Waals surface area contributed by atoms with Gasteiger partial charge in [-0.15, -0.1) is 0 Å². The number of alkyl halides is 2. The maximum absolute atomic E-state index is 12.3. The number of halogens is 5. The van der Waals surface area contributed by atoms with E-state index in [2.05, 4.69) is 10.1 Å². The van der Waals surface area contributed by atoms with Gasteiger partial charge < -0.3 is 10.1 Å². The van der Waals surface area contributed by atoms with E-state index in [4.69, 9.17) is 34.8 Å². The molecule has 112 valence electrons. The van der Waals surface area contributed by atoms with Gasteiger partial charge in [0.05, 0.1) is 15.7 Å². The van der Waals surface area contributed by atoms with Crippen LogP contribution in [0.1, 0.15) is 5.56 Å². The Labute approximate surface area is 135 Å². The Morgan fingerprint density at radius 3 is 2.29 bits per heavy atom. The molecule has 0 aliphatic carbocycles. The number of anilines is 1. The fourth-order valence-electron chi connectivity index (χ4n) is 1.76. The summed E-state index contributed by atoms with van der Waals surface area (Å²) >= 11 is 17.9. The number of hydrogen-bond acceptors (Lipinski definition) is 2. The van der Waals surface area contributed by atoms with Gasteiger partial charge in [0.15, 0.2) is 0 Å². The predicted octanol–water partition coefficient (Wildman–Crippen LogP) is 5.86. The van der Waals surface area contributed by atoms with E-state index in [0.717, 1.165) is 0 Å². The van der Waals surface area contributed by atoms with E-state index < -0.39 is 6.61 Å². The molecule has 0 saturated carbocycles. The second kappa shape index (κ2) is 7.16. The zero-order valence-electron chi connectivity index (χ0n) is 10.5. The van der Waals surface area contributed by atoms with Crippen LogP contribution in [-0.4, -0.2) is 6.61 Å². The third kappa shape index (κ3) is 4.37. The highest BCUT2D eigenvalue weighted by molar-refractivity contribution is 6.41. The van der Waals surface area contributed by atoms with Crippen molar-refractivity contribution in [3.63, 3.8) is 0 Å². The highest BCUT2D eigenvalue weighted by Gasteiger charge is 2.11. The Bertz CT molecular complexity index is 614. The molecule has 0 aliphatic rings. The average Bonchev–Trinajstić information content (AvgIpc) is 2.38. The Hall–Kier alpha value is -1.23. The topological polar surface area (TPSA) is 21.3 Å². The van der Waals surface area contributed by atoms with Crippen LogP contribution in [0.2, 0.25) is 15.1 Å². The van der Waals surface area contributed by atoms with Crippen LogP contribution in [0.5, 0.6) is 5.75 Å². The lowest BCUT2D eigenvalue weighted by Gasteiger charge is -2.14. The SMILES string of the molecule is FC(F)Oc1ccccc1CNc1c(Cl)cc(Cl)cc1Cl. The minimum atomic E-state index is -2.88. The van der Waals surface area contributed by atoms with Crippen LogP contribution < -0.4 is 10.1 Å². The summed E-state index contributed by atoms with van der Waals surface area (Å²) in [5.74, 6) is 0.0983. The molecule has 0 spiro atoms. The Morgan fingerprint density at radius 1 is 1.05 bits per heavy atom. The van der Waals surface area contributed by atoms with E-state index in [9.17, 15) is 8.78 Å². The molecule has 0 radical (unpaired) electrons. The van der Waals surface area contributed by atoms with Crippen molar-refractivity contribution in [2.75, 3.05) is 5.32 Å². The number of nitrogens with one attached hydrogen (secondary N) is 1. The van der Waals surface area contributed by atoms with E-state index in [1.165, 1.54) is 6.07 Å². The largest absolute Gasteiger partial charge is 0.434 e. The number of para-hydroxylation sites is 1. The molecule has 7 heteroatoms. The summed E-state index contributed by atoms with van der Waals surface area (Å²) in [6.45, 7) is -2.65. The monoisotopic (exact) mass is 351 g/mol. The first-order valence-electron chi connectivity index (χ1n) is 5.88. The van der Waals surface area contributed by atoms with Gasteiger partial charge in [0, 0.05) is 17.1 Å². The van der Waals surface area contributed by atoms with Crippen molar-refractivity contribution in [2.45, 2.75) is 13.2 Å². The van der Waals surface area contributed by atoms with E-state index in [1.807, 2.05) is 0 Å². The number of hydrogen-bond donors (Lipinski definition) is 1. The Kier molecular flexibility index (Phi) is 5.51. The molecule has 0 fully saturated rings. The van der Waals surface area contributed by atoms with Crippen LogP contribution in [-0.2, 0) is 6.54 Å². The quantitative estimate of drug-likeness (QED) is 0.727. The molecular weight excluding hydrogens is 343 g/mol. The molecule has 0 saturated heterocycles. The maximum Gasteiger partial charge on any atom is 0.387 e. The number of rotatable bonds is 5. The molecule has 0 aliphatic heterocycles. The first-order chi connectivity index (χ1) is 9.97. The van der Waals surface area contributed by atoms with Gasteiger partial charge in [-0.2, -0.15) is 8.78 Å². The summed E-state index contributed by atoms with van der Waals surface area (Å²) in [5, 5.41) is 4.10. The maximum atomic E-state index is 12.3. The van der Waals surface area contributed by atoms with Gasteiger partial charge in [-0.3, -0.25) is 0 Å². The lowest BCUT2D eigenvalue weighted by atomic mass is 10.2. The number of ether oxygens (including phenoxy) is 1. The first-order valence-corrected chi connectivity index (χ1v) is 7.02. The smallest absolute Gasteiger partial charge is 0.387 e. The zero-order chi connectivity index (χ0) is 15.4. The molecule has 2 aromatic rings. The van der Waals surface area contributed by atoms with Crippen molar-refractivity contribution < 1.29 is 13.5 Å². The Morgan fingerprint density at radius 2 is 1.67 bits per heavy atom. The van der Waals surface area contributed by atoms with Crippen LogP contribution >= 0.6 is 34.8 Å². The second-order valence-corrected chi connectivity index (χ2v) is 5.34. The summed E-state index contributed by atoms with van der Waals surface area (Å²) in [5.41, 5.74) is 1.04. The van der Waals surface area contributed by atoms with Crippen molar-refractivity contribution >= 4 is 40.5 Å². The van der Waals surface area contributed by atoms with Gasteiger partial charge in [-0.25, -0.2) is 0 Å². The fraction of sp³-hybridized carbons (Fsp3) is 0.143. The van der Waals surface area contributed by atoms with Crippen LogP contribution in [0.3, 0.4) is 0 Å². The van der Waals surface area contributed by atoms with Crippen LogP contribution in [0.15, 0.2) is 36.4 Å². The van der Waals surface area contributed by atoms with E-state index in [1.54, 1.807) is 30.3 Å². The normalized spacial score (nSPS) is 10.8. The molecule has 2 rings (SSSR count). The summed E-state index contributed by atoms with van der Waals surface area (Å²) < 4.78 is 29.1. The molecule has 21 heavy (non-hydrogen) atoms. The third-order valence-electron chi connectivity index (χ3n) is 2.65. The summed E-state index contributed by atoms with van der Waals surface area (Å²) in [4.78, 5) is 0. The van der Waals surface area contributed by atoms with Crippen molar-refractivity contribution in [1.29, 1.82) is 0 Å². The number of benzene rings is 2. The van der Waals surface area contributed by atoms with Gasteiger partial charge >= 0.3 is 6.61 Å². The fourth-order valence-corrected chi connectivity index (χ4v) is 2.71. The third-order valence-corrected chi connectivity index (χ3v) is 3.47. The van der Waals surface area contributed by atoms with Crippen LogP contribution in [0.25, 0.3) is 0 Å². The lowest BCUT2D eigenvalue weighted by molar-refractivity contribution is -0.0504. The first kappa shape index (κ1) is 16.1. The van der Waals surface area contributed by atoms with Crippen molar-refractivity contribution in [2.24, 2.45) is 0 Å². The molecular formula is C14H10Cl3F2NO. The summed E-state index contributed by atoms with van der Waals surface area (Å²) in [6.07, 6.45) is 0. The van der Waals surface area contributed by atoms with E-state index >= 15 is 0 Å². The standard InChI is InChI=1S/C14H10Cl3F2NO/c15-9-5-10(16)13(11(17)6-9)20-7-8-3-1-2-4-12(8)21-14(18)19/h1-6,14,20H,7H2. The van der Waals surface area contributed by atoms with Gasteiger partial charge in [0.2, 0.25) is 0 Å². The van der Waals surface area contributed by atoms with Crippen molar-refractivity contribution in [1.82, 2.24) is 0 Å². The highest BCUT2D eigenvalue weighted by Crippen LogP contribution is 2.34. The molecule has 0 atom stereocenters. The summed E-state index contributed by atoms with van der Waals surface area (Å²) in [6, 6.07) is 9.55. The molecule has 0 bridgehead atoms. The zero-order valence-corrected chi connectivity index (χ0v) is 12.8. The molecule has 1 N–H and O–H groups in total. The molecule has 2 nitrogen and oxygen atoms in total. The molecule has 0 unspecified atom stereocenters. The van der Waals surface area contributed by atoms with Crippen LogP contribution in [0.4, 0.5) is 14.5 Å². The van der Waals surface area contributed by atoms with Gasteiger partial charge in [-0.1, -0.05) is 53.0 Å². The molecule has 2 aromatic carbocycles. The summed E-state index contributed by atoms with van der Waals surface area (Å²) in [7, 11) is 0. The van der Waals surface area contributed by atoms with Crippen molar-refractivity contribution in [3.8, 4) is 5.75 Å². The van der Waals surface area contributed by atoms with Gasteiger partial charge in [-0.05, 0) is 18.2 Å². The molecule has 0 amide bonds. The van der Waals surface area contributed by atoms with Crippen LogP contribution in [0, 0.1) is 0 Å². The lowest BCUT2D eigenvalue weighted by Crippen LogP contribution is -2.07. The Balaban J connectivity index is 2.17. The highest BCUT2D eigenvalue weighted by atomic mass is 35.5. The second-order valence-electron chi connectivity index (χ2n) is 4.08. The van der Waals surface area contributed by atoms with E-state index in [0.29, 0.717) is 26.3 Å². The van der Waals surface area contributed by atoms with Gasteiger partial charge in [0.25, 0.3) is 0 Å². The van der Waals surface area contributed by atoms with Gasteiger partial charge in [0.1, 0.15) is 5.75 Å². The average molecular weight is 353 g/mol. The molecule has 0 heterocycles. The minimum Gasteiger partial charge on any atom is -0.434 e. The van der Waals surface area contributed by atoms with E-state index in [-0.39, 0.29) is 12.3 Å². The molecule has 0 aromatic heterocycles. The minimum absolute atomic E-state index is 0.0983. The predicted molar refractivity (Wildman–Crippen MR) is 81.9 cm³/mol.